The Hall–Kier alpha value is -1.51. The van der Waals surface area contributed by atoms with E-state index in [-0.39, 0.29) is 36.5 Å². The zero-order chi connectivity index (χ0) is 19.8. The number of ether oxygens (including phenoxy) is 1. The SMILES string of the molecule is CN=C(NCCc1ccc(OCC(=O)NC2CC2)cc1)NC1CCC(C)CC1.I. The van der Waals surface area contributed by atoms with Gasteiger partial charge in [-0.15, -0.1) is 24.0 Å². The number of carbonyl (C=O) groups is 1. The third-order valence-electron chi connectivity index (χ3n) is 5.52. The minimum absolute atomic E-state index is 0. The number of amides is 1. The zero-order valence-electron chi connectivity index (χ0n) is 17.6. The summed E-state index contributed by atoms with van der Waals surface area (Å²) in [5, 5.41) is 9.88. The second-order valence-corrected chi connectivity index (χ2v) is 8.12. The van der Waals surface area contributed by atoms with Gasteiger partial charge in [0.25, 0.3) is 5.91 Å². The predicted octanol–water partition coefficient (Wildman–Crippen LogP) is 3.25. The Morgan fingerprint density at radius 2 is 1.66 bits per heavy atom. The van der Waals surface area contributed by atoms with Crippen LogP contribution in [0, 0.1) is 5.92 Å². The van der Waals surface area contributed by atoms with Crippen LogP contribution in [-0.4, -0.2) is 44.1 Å². The lowest BCUT2D eigenvalue weighted by Gasteiger charge is -2.28. The molecule has 2 fully saturated rings. The fourth-order valence-electron chi connectivity index (χ4n) is 3.52. The molecule has 1 aromatic rings. The molecule has 0 aromatic heterocycles. The first-order valence-electron chi connectivity index (χ1n) is 10.6. The van der Waals surface area contributed by atoms with Crippen LogP contribution in [0.25, 0.3) is 0 Å². The molecule has 1 amide bonds. The summed E-state index contributed by atoms with van der Waals surface area (Å²) >= 11 is 0. The molecule has 0 unspecified atom stereocenters. The van der Waals surface area contributed by atoms with Crippen molar-refractivity contribution in [3.63, 3.8) is 0 Å². The molecule has 3 rings (SSSR count). The van der Waals surface area contributed by atoms with Crippen molar-refractivity contribution in [3.8, 4) is 5.75 Å². The summed E-state index contributed by atoms with van der Waals surface area (Å²) in [6, 6.07) is 8.87. The van der Waals surface area contributed by atoms with E-state index >= 15 is 0 Å². The van der Waals surface area contributed by atoms with Crippen LogP contribution in [0.3, 0.4) is 0 Å². The number of halogens is 1. The van der Waals surface area contributed by atoms with E-state index in [0.717, 1.165) is 43.4 Å². The van der Waals surface area contributed by atoms with Crippen molar-refractivity contribution in [2.24, 2.45) is 10.9 Å². The highest BCUT2D eigenvalue weighted by Gasteiger charge is 2.23. The number of nitrogens with one attached hydrogen (secondary N) is 3. The molecule has 0 bridgehead atoms. The summed E-state index contributed by atoms with van der Waals surface area (Å²) < 4.78 is 5.55. The third kappa shape index (κ3) is 8.80. The first-order chi connectivity index (χ1) is 13.6. The van der Waals surface area contributed by atoms with Crippen molar-refractivity contribution in [2.45, 2.75) is 64.0 Å². The molecule has 6 nitrogen and oxygen atoms in total. The van der Waals surface area contributed by atoms with Crippen LogP contribution in [0.2, 0.25) is 0 Å². The quantitative estimate of drug-likeness (QED) is 0.283. The standard InChI is InChI=1S/C22H34N4O2.HI/c1-16-3-7-19(8-4-16)26-22(23-2)24-14-13-17-5-11-20(12-6-17)28-15-21(27)25-18-9-10-18;/h5-6,11-12,16,18-19H,3-4,7-10,13-15H2,1-2H3,(H,25,27)(H2,23,24,26);1H. The topological polar surface area (TPSA) is 74.8 Å². The Morgan fingerprint density at radius 1 is 1.03 bits per heavy atom. The molecule has 2 saturated carbocycles. The van der Waals surface area contributed by atoms with Crippen LogP contribution in [0.4, 0.5) is 0 Å². The lowest BCUT2D eigenvalue weighted by Crippen LogP contribution is -2.45. The largest absolute Gasteiger partial charge is 0.484 e. The molecule has 2 aliphatic rings. The summed E-state index contributed by atoms with van der Waals surface area (Å²) in [5.41, 5.74) is 1.23. The van der Waals surface area contributed by atoms with Crippen molar-refractivity contribution in [1.29, 1.82) is 0 Å². The lowest BCUT2D eigenvalue weighted by molar-refractivity contribution is -0.123. The molecule has 29 heavy (non-hydrogen) atoms. The molecule has 0 heterocycles. The van der Waals surface area contributed by atoms with Gasteiger partial charge >= 0.3 is 0 Å². The number of benzene rings is 1. The van der Waals surface area contributed by atoms with Gasteiger partial charge < -0.3 is 20.7 Å². The van der Waals surface area contributed by atoms with Gasteiger partial charge in [-0.05, 0) is 68.6 Å². The predicted molar refractivity (Wildman–Crippen MR) is 128 cm³/mol. The number of nitrogens with zero attached hydrogens (tertiary/aromatic N) is 1. The Kier molecular flexibility index (Phi) is 10.0. The smallest absolute Gasteiger partial charge is 0.258 e. The van der Waals surface area contributed by atoms with E-state index < -0.39 is 0 Å². The van der Waals surface area contributed by atoms with Gasteiger partial charge in [-0.2, -0.15) is 0 Å². The van der Waals surface area contributed by atoms with Crippen LogP contribution >= 0.6 is 24.0 Å². The zero-order valence-corrected chi connectivity index (χ0v) is 19.9. The Morgan fingerprint density at radius 3 is 2.28 bits per heavy atom. The molecule has 0 aliphatic heterocycles. The van der Waals surface area contributed by atoms with E-state index in [0.29, 0.717) is 12.1 Å². The molecular formula is C22H35IN4O2. The fourth-order valence-corrected chi connectivity index (χ4v) is 3.52. The highest BCUT2D eigenvalue weighted by Crippen LogP contribution is 2.23. The number of aliphatic imine (C=N–C) groups is 1. The van der Waals surface area contributed by atoms with Crippen LogP contribution in [-0.2, 0) is 11.2 Å². The Balaban J connectivity index is 0.00000300. The van der Waals surface area contributed by atoms with Crippen molar-refractivity contribution < 1.29 is 9.53 Å². The second kappa shape index (κ2) is 12.2. The average Bonchev–Trinajstić information content (AvgIpc) is 3.52. The van der Waals surface area contributed by atoms with E-state index in [1.54, 1.807) is 0 Å². The van der Waals surface area contributed by atoms with E-state index in [1.807, 2.05) is 19.2 Å². The van der Waals surface area contributed by atoms with Crippen molar-refractivity contribution in [1.82, 2.24) is 16.0 Å². The number of guanidine groups is 1. The minimum atomic E-state index is -0.0397. The maximum Gasteiger partial charge on any atom is 0.258 e. The van der Waals surface area contributed by atoms with Gasteiger partial charge in [-0.3, -0.25) is 9.79 Å². The molecule has 0 spiro atoms. The van der Waals surface area contributed by atoms with Gasteiger partial charge in [0.05, 0.1) is 0 Å². The van der Waals surface area contributed by atoms with Crippen LogP contribution < -0.4 is 20.7 Å². The second-order valence-electron chi connectivity index (χ2n) is 8.12. The normalized spacial score (nSPS) is 21.7. The van der Waals surface area contributed by atoms with Crippen molar-refractivity contribution in [3.05, 3.63) is 29.8 Å². The van der Waals surface area contributed by atoms with E-state index in [2.05, 4.69) is 40.0 Å². The summed E-state index contributed by atoms with van der Waals surface area (Å²) in [4.78, 5) is 16.0. The molecule has 0 atom stereocenters. The highest BCUT2D eigenvalue weighted by atomic mass is 127. The van der Waals surface area contributed by atoms with Gasteiger partial charge in [-0.1, -0.05) is 19.1 Å². The van der Waals surface area contributed by atoms with Crippen LogP contribution in [0.5, 0.6) is 5.75 Å². The lowest BCUT2D eigenvalue weighted by atomic mass is 9.87. The summed E-state index contributed by atoms with van der Waals surface area (Å²) in [7, 11) is 1.83. The minimum Gasteiger partial charge on any atom is -0.484 e. The molecular weight excluding hydrogens is 479 g/mol. The van der Waals surface area contributed by atoms with Crippen molar-refractivity contribution >= 4 is 35.8 Å². The molecule has 162 valence electrons. The Bertz CT molecular complexity index is 653. The fraction of sp³-hybridized carbons (Fsp3) is 0.636. The number of rotatable bonds is 8. The molecule has 7 heteroatoms. The van der Waals surface area contributed by atoms with E-state index in [9.17, 15) is 4.79 Å². The summed E-state index contributed by atoms with van der Waals surface area (Å²) in [6.07, 6.45) is 8.13. The Labute approximate surface area is 191 Å². The van der Waals surface area contributed by atoms with Crippen LogP contribution in [0.15, 0.2) is 29.3 Å². The van der Waals surface area contributed by atoms with E-state index in [4.69, 9.17) is 4.74 Å². The molecule has 1 aromatic carbocycles. The van der Waals surface area contributed by atoms with Crippen LogP contribution in [0.1, 0.15) is 51.0 Å². The molecule has 3 N–H and O–H groups in total. The molecule has 0 saturated heterocycles. The van der Waals surface area contributed by atoms with Crippen molar-refractivity contribution in [2.75, 3.05) is 20.2 Å². The summed E-state index contributed by atoms with van der Waals surface area (Å²) in [5.74, 6) is 2.43. The van der Waals surface area contributed by atoms with Gasteiger partial charge in [0.15, 0.2) is 12.6 Å². The van der Waals surface area contributed by atoms with Gasteiger partial charge in [0.2, 0.25) is 0 Å². The third-order valence-corrected chi connectivity index (χ3v) is 5.52. The van der Waals surface area contributed by atoms with Gasteiger partial charge in [-0.25, -0.2) is 0 Å². The van der Waals surface area contributed by atoms with Gasteiger partial charge in [0.1, 0.15) is 5.75 Å². The first-order valence-corrected chi connectivity index (χ1v) is 10.6. The molecule has 2 aliphatic carbocycles. The monoisotopic (exact) mass is 514 g/mol. The summed E-state index contributed by atoms with van der Waals surface area (Å²) in [6.45, 7) is 3.24. The highest BCUT2D eigenvalue weighted by molar-refractivity contribution is 14.0. The number of hydrogen-bond acceptors (Lipinski definition) is 3. The first kappa shape index (κ1) is 23.8. The number of carbonyl (C=O) groups excluding carboxylic acids is 1. The maximum absolute atomic E-state index is 11.7. The van der Waals surface area contributed by atoms with E-state index in [1.165, 1.54) is 31.2 Å². The maximum atomic E-state index is 11.7. The average molecular weight is 514 g/mol. The number of hydrogen-bond donors (Lipinski definition) is 3. The molecule has 0 radical (unpaired) electrons. The van der Waals surface area contributed by atoms with Gasteiger partial charge in [0, 0.05) is 25.7 Å².